The molecule has 1 amide bonds. The van der Waals surface area contributed by atoms with Crippen LogP contribution in [0.3, 0.4) is 0 Å². The van der Waals surface area contributed by atoms with E-state index in [0.29, 0.717) is 5.92 Å². The molecule has 1 fully saturated rings. The van der Waals surface area contributed by atoms with Gasteiger partial charge in [0.25, 0.3) is 0 Å². The summed E-state index contributed by atoms with van der Waals surface area (Å²) in [7, 11) is 0. The van der Waals surface area contributed by atoms with Gasteiger partial charge in [0.05, 0.1) is 0 Å². The van der Waals surface area contributed by atoms with Gasteiger partial charge in [0.1, 0.15) is 0 Å². The molecule has 2 N–H and O–H groups in total. The van der Waals surface area contributed by atoms with Crippen molar-refractivity contribution in [3.63, 3.8) is 0 Å². The van der Waals surface area contributed by atoms with Crippen LogP contribution in [0.1, 0.15) is 37.8 Å². The van der Waals surface area contributed by atoms with E-state index in [9.17, 15) is 4.79 Å². The summed E-state index contributed by atoms with van der Waals surface area (Å²) in [4.78, 5) is 12.6. The first kappa shape index (κ1) is 15.0. The minimum absolute atomic E-state index is 0.123. The van der Waals surface area contributed by atoms with Crippen LogP contribution >= 0.6 is 0 Å². The van der Waals surface area contributed by atoms with Gasteiger partial charge >= 0.3 is 0 Å². The third-order valence-electron chi connectivity index (χ3n) is 4.53. The molecule has 0 aromatic heterocycles. The number of amides is 1. The minimum atomic E-state index is -0.343. The van der Waals surface area contributed by atoms with Crippen molar-refractivity contribution in [1.29, 1.82) is 0 Å². The maximum absolute atomic E-state index is 12.6. The highest BCUT2D eigenvalue weighted by Gasteiger charge is 2.37. The van der Waals surface area contributed by atoms with Gasteiger partial charge in [-0.05, 0) is 57.3 Å². The van der Waals surface area contributed by atoms with Gasteiger partial charge in [-0.15, -0.1) is 0 Å². The predicted octanol–water partition coefficient (Wildman–Crippen LogP) is 3.27. The molecule has 0 bridgehead atoms. The maximum atomic E-state index is 12.6. The van der Waals surface area contributed by atoms with Crippen LogP contribution in [0.4, 0.5) is 5.69 Å². The molecule has 1 aromatic carbocycles. The van der Waals surface area contributed by atoms with Gasteiger partial charge < -0.3 is 10.6 Å². The molecule has 1 atom stereocenters. The maximum Gasteiger partial charge on any atom is 0.230 e. The molecule has 0 saturated carbocycles. The number of hydrogen-bond donors (Lipinski definition) is 2. The highest BCUT2D eigenvalue weighted by Crippen LogP contribution is 2.33. The molecule has 2 rings (SSSR count). The van der Waals surface area contributed by atoms with Gasteiger partial charge in [-0.25, -0.2) is 0 Å². The number of nitrogens with one attached hydrogen (secondary N) is 2. The topological polar surface area (TPSA) is 41.1 Å². The lowest BCUT2D eigenvalue weighted by Crippen LogP contribution is -2.44. The molecular formula is C17H26N2O. The van der Waals surface area contributed by atoms with Crippen molar-refractivity contribution in [2.75, 3.05) is 18.4 Å². The fourth-order valence-electron chi connectivity index (χ4n) is 2.89. The molecule has 1 aliphatic rings. The van der Waals surface area contributed by atoms with E-state index < -0.39 is 0 Å². The Kier molecular flexibility index (Phi) is 4.48. The summed E-state index contributed by atoms with van der Waals surface area (Å²) < 4.78 is 0. The molecule has 0 aliphatic carbocycles. The SMILES string of the molecule is Cc1ccc(NC(=O)C(C)(C)C2CCCNC2)c(C)c1. The van der Waals surface area contributed by atoms with Crippen LogP contribution in [-0.2, 0) is 4.79 Å². The van der Waals surface area contributed by atoms with Crippen LogP contribution < -0.4 is 10.6 Å². The van der Waals surface area contributed by atoms with Crippen molar-refractivity contribution >= 4 is 11.6 Å². The molecule has 3 nitrogen and oxygen atoms in total. The lowest BCUT2D eigenvalue weighted by molar-refractivity contribution is -0.127. The second-order valence-corrected chi connectivity index (χ2v) is 6.54. The summed E-state index contributed by atoms with van der Waals surface area (Å²) in [5.41, 5.74) is 2.93. The normalized spacial score (nSPS) is 19.7. The van der Waals surface area contributed by atoms with Gasteiger partial charge in [0.15, 0.2) is 0 Å². The zero-order valence-corrected chi connectivity index (χ0v) is 13.0. The van der Waals surface area contributed by atoms with Gasteiger partial charge in [0, 0.05) is 11.1 Å². The Morgan fingerprint density at radius 2 is 2.10 bits per heavy atom. The Hall–Kier alpha value is -1.35. The van der Waals surface area contributed by atoms with Crippen LogP contribution in [-0.4, -0.2) is 19.0 Å². The molecule has 1 saturated heterocycles. The monoisotopic (exact) mass is 274 g/mol. The van der Waals surface area contributed by atoms with Crippen LogP contribution in [0.2, 0.25) is 0 Å². The average Bonchev–Trinajstić information content (AvgIpc) is 2.42. The van der Waals surface area contributed by atoms with E-state index in [4.69, 9.17) is 0 Å². The van der Waals surface area contributed by atoms with E-state index in [1.165, 1.54) is 5.56 Å². The summed E-state index contributed by atoms with van der Waals surface area (Å²) in [6.07, 6.45) is 2.28. The molecule has 20 heavy (non-hydrogen) atoms. The molecule has 0 radical (unpaired) electrons. The highest BCUT2D eigenvalue weighted by molar-refractivity contribution is 5.95. The summed E-state index contributed by atoms with van der Waals surface area (Å²) in [6.45, 7) is 10.2. The van der Waals surface area contributed by atoms with Gasteiger partial charge in [-0.3, -0.25) is 4.79 Å². The predicted molar refractivity (Wildman–Crippen MR) is 83.9 cm³/mol. The highest BCUT2D eigenvalue weighted by atomic mass is 16.2. The van der Waals surface area contributed by atoms with E-state index >= 15 is 0 Å². The number of carbonyl (C=O) groups is 1. The second kappa shape index (κ2) is 5.96. The Morgan fingerprint density at radius 1 is 1.35 bits per heavy atom. The summed E-state index contributed by atoms with van der Waals surface area (Å²) >= 11 is 0. The van der Waals surface area contributed by atoms with Crippen molar-refractivity contribution in [1.82, 2.24) is 5.32 Å². The van der Waals surface area contributed by atoms with E-state index in [1.54, 1.807) is 0 Å². The second-order valence-electron chi connectivity index (χ2n) is 6.54. The van der Waals surface area contributed by atoms with Gasteiger partial charge in [-0.2, -0.15) is 0 Å². The Labute approximate surface area is 122 Å². The number of piperidine rings is 1. The van der Waals surface area contributed by atoms with E-state index in [1.807, 2.05) is 19.1 Å². The first-order valence-electron chi connectivity index (χ1n) is 7.50. The summed E-state index contributed by atoms with van der Waals surface area (Å²) in [5.74, 6) is 0.528. The van der Waals surface area contributed by atoms with Crippen LogP contribution in [0, 0.1) is 25.2 Å². The van der Waals surface area contributed by atoms with Crippen molar-refractivity contribution in [3.8, 4) is 0 Å². The Balaban J connectivity index is 2.09. The van der Waals surface area contributed by atoms with Crippen LogP contribution in [0.25, 0.3) is 0 Å². The van der Waals surface area contributed by atoms with Crippen LogP contribution in [0.5, 0.6) is 0 Å². The molecule has 110 valence electrons. The minimum Gasteiger partial charge on any atom is -0.325 e. The number of carbonyl (C=O) groups excluding carboxylic acids is 1. The number of benzene rings is 1. The van der Waals surface area contributed by atoms with Crippen LogP contribution in [0.15, 0.2) is 18.2 Å². The molecular weight excluding hydrogens is 248 g/mol. The van der Waals surface area contributed by atoms with Gasteiger partial charge in [0.2, 0.25) is 5.91 Å². The largest absolute Gasteiger partial charge is 0.325 e. The standard InChI is InChI=1S/C17H26N2O/c1-12-7-8-15(13(2)10-12)19-16(20)17(3,4)14-6-5-9-18-11-14/h7-8,10,14,18H,5-6,9,11H2,1-4H3,(H,19,20). The fourth-order valence-corrected chi connectivity index (χ4v) is 2.89. The number of rotatable bonds is 3. The first-order valence-corrected chi connectivity index (χ1v) is 7.50. The first-order chi connectivity index (χ1) is 9.41. The number of anilines is 1. The summed E-state index contributed by atoms with van der Waals surface area (Å²) in [6, 6.07) is 6.14. The van der Waals surface area contributed by atoms with Crippen molar-refractivity contribution in [3.05, 3.63) is 29.3 Å². The summed E-state index contributed by atoms with van der Waals surface area (Å²) in [5, 5.41) is 6.51. The van der Waals surface area contributed by atoms with Crippen molar-refractivity contribution in [2.24, 2.45) is 11.3 Å². The van der Waals surface area contributed by atoms with E-state index in [-0.39, 0.29) is 11.3 Å². The molecule has 1 aromatic rings. The molecule has 1 unspecified atom stereocenters. The van der Waals surface area contributed by atoms with Gasteiger partial charge in [-0.1, -0.05) is 31.5 Å². The molecule has 1 aliphatic heterocycles. The lowest BCUT2D eigenvalue weighted by Gasteiger charge is -2.36. The third kappa shape index (κ3) is 3.21. The Bertz CT molecular complexity index is 488. The zero-order valence-electron chi connectivity index (χ0n) is 13.0. The van der Waals surface area contributed by atoms with E-state index in [2.05, 4.69) is 37.5 Å². The van der Waals surface area contributed by atoms with Crippen molar-refractivity contribution < 1.29 is 4.79 Å². The quantitative estimate of drug-likeness (QED) is 0.888. The number of aryl methyl sites for hydroxylation is 2. The smallest absolute Gasteiger partial charge is 0.230 e. The zero-order chi connectivity index (χ0) is 14.8. The molecule has 0 spiro atoms. The molecule has 3 heteroatoms. The van der Waals surface area contributed by atoms with E-state index in [0.717, 1.165) is 37.2 Å². The van der Waals surface area contributed by atoms with Crippen molar-refractivity contribution in [2.45, 2.75) is 40.5 Å². The Morgan fingerprint density at radius 3 is 2.70 bits per heavy atom. The average molecular weight is 274 g/mol. The molecule has 1 heterocycles. The lowest BCUT2D eigenvalue weighted by atomic mass is 9.74. The fraction of sp³-hybridized carbons (Fsp3) is 0.588. The number of hydrogen-bond acceptors (Lipinski definition) is 2. The third-order valence-corrected chi connectivity index (χ3v) is 4.53.